The van der Waals surface area contributed by atoms with Crippen molar-refractivity contribution in [2.45, 2.75) is 0 Å². The molecule has 3 heterocycles. The fourth-order valence-electron chi connectivity index (χ4n) is 8.19. The number of nitrogens with zero attached hydrogens (tertiary/aromatic N) is 2. The molecule has 0 fully saturated rings. The van der Waals surface area contributed by atoms with Crippen molar-refractivity contribution in [3.63, 3.8) is 0 Å². The topological polar surface area (TPSA) is 31.0 Å². The van der Waals surface area contributed by atoms with E-state index in [2.05, 4.69) is 180 Å². The van der Waals surface area contributed by atoms with E-state index in [-0.39, 0.29) is 0 Å². The average molecular weight is 663 g/mol. The smallest absolute Gasteiger partial charge is 0.136 e. The number of fused-ring (bicyclic) bond motifs is 10. The Bertz CT molecular complexity index is 3170. The molecule has 0 N–H and O–H groups in total. The van der Waals surface area contributed by atoms with Gasteiger partial charge in [0.15, 0.2) is 0 Å². The van der Waals surface area contributed by atoms with Crippen LogP contribution < -0.4 is 0 Å². The number of pyridine rings is 1. The molecule has 0 atom stereocenters. The summed E-state index contributed by atoms with van der Waals surface area (Å²) >= 11 is 0. The largest absolute Gasteiger partial charge is 0.456 e. The van der Waals surface area contributed by atoms with Crippen molar-refractivity contribution in [2.24, 2.45) is 0 Å². The van der Waals surface area contributed by atoms with E-state index in [1.54, 1.807) is 0 Å². The minimum Gasteiger partial charge on any atom is -0.456 e. The van der Waals surface area contributed by atoms with Gasteiger partial charge in [-0.25, -0.2) is 4.98 Å². The number of para-hydroxylation sites is 3. The Morgan fingerprint density at radius 1 is 0.365 bits per heavy atom. The third-order valence-corrected chi connectivity index (χ3v) is 10.6. The SMILES string of the molecule is c1ccc(-c2nc3ccc(-c4cccc(-c5ccc6c7ccccc7n(-c7ccccc7)c6c5)c4)cc3c3c2ccc2oc4ccccc4c23)cc1. The Morgan fingerprint density at radius 2 is 1.00 bits per heavy atom. The number of furan rings is 1. The summed E-state index contributed by atoms with van der Waals surface area (Å²) in [5, 5.41) is 8.16. The van der Waals surface area contributed by atoms with Gasteiger partial charge in [0.1, 0.15) is 11.2 Å². The van der Waals surface area contributed by atoms with Gasteiger partial charge in [-0.15, -0.1) is 0 Å². The van der Waals surface area contributed by atoms with Crippen LogP contribution in [0.1, 0.15) is 0 Å². The summed E-state index contributed by atoms with van der Waals surface area (Å²) in [5.74, 6) is 0. The molecule has 52 heavy (non-hydrogen) atoms. The van der Waals surface area contributed by atoms with Gasteiger partial charge in [0.05, 0.1) is 22.2 Å². The molecule has 0 saturated heterocycles. The first-order chi connectivity index (χ1) is 25.8. The molecule has 0 unspecified atom stereocenters. The second-order valence-electron chi connectivity index (χ2n) is 13.5. The first-order valence-corrected chi connectivity index (χ1v) is 17.7. The van der Waals surface area contributed by atoms with E-state index < -0.39 is 0 Å². The van der Waals surface area contributed by atoms with Crippen LogP contribution in [0.3, 0.4) is 0 Å². The van der Waals surface area contributed by atoms with Crippen LogP contribution in [0.2, 0.25) is 0 Å². The lowest BCUT2D eigenvalue weighted by Crippen LogP contribution is -1.93. The molecule has 0 aliphatic heterocycles. The van der Waals surface area contributed by atoms with Gasteiger partial charge in [-0.05, 0) is 82.9 Å². The first kappa shape index (κ1) is 28.8. The summed E-state index contributed by atoms with van der Waals surface area (Å²) in [4.78, 5) is 5.29. The van der Waals surface area contributed by atoms with Crippen LogP contribution in [0.15, 0.2) is 186 Å². The minimum atomic E-state index is 0.885. The zero-order valence-corrected chi connectivity index (χ0v) is 28.1. The third kappa shape index (κ3) is 4.36. The van der Waals surface area contributed by atoms with E-state index in [9.17, 15) is 0 Å². The van der Waals surface area contributed by atoms with E-state index >= 15 is 0 Å². The average Bonchev–Trinajstić information content (AvgIpc) is 3.76. The maximum absolute atomic E-state index is 6.40. The van der Waals surface area contributed by atoms with Gasteiger partial charge in [0, 0.05) is 49.0 Å². The van der Waals surface area contributed by atoms with Crippen molar-refractivity contribution in [1.29, 1.82) is 0 Å². The summed E-state index contributed by atoms with van der Waals surface area (Å²) in [6.07, 6.45) is 0. The predicted molar refractivity (Wildman–Crippen MR) is 217 cm³/mol. The van der Waals surface area contributed by atoms with E-state index in [1.807, 2.05) is 6.07 Å². The molecule has 11 aromatic rings. The maximum atomic E-state index is 6.40. The quantitative estimate of drug-likeness (QED) is 0.176. The molecule has 0 amide bonds. The van der Waals surface area contributed by atoms with Crippen molar-refractivity contribution in [3.8, 4) is 39.2 Å². The second kappa shape index (κ2) is 11.3. The lowest BCUT2D eigenvalue weighted by molar-refractivity contribution is 0.669. The Labute approximate surface area is 299 Å². The van der Waals surface area contributed by atoms with Gasteiger partial charge in [0.25, 0.3) is 0 Å². The van der Waals surface area contributed by atoms with Gasteiger partial charge < -0.3 is 8.98 Å². The monoisotopic (exact) mass is 662 g/mol. The van der Waals surface area contributed by atoms with E-state index in [4.69, 9.17) is 9.40 Å². The number of hydrogen-bond acceptors (Lipinski definition) is 2. The van der Waals surface area contributed by atoms with E-state index in [0.717, 1.165) is 66.3 Å². The summed E-state index contributed by atoms with van der Waals surface area (Å²) in [5.41, 5.74) is 13.0. The molecule has 3 nitrogen and oxygen atoms in total. The summed E-state index contributed by atoms with van der Waals surface area (Å²) in [6, 6.07) is 64.9. The second-order valence-corrected chi connectivity index (χ2v) is 13.5. The highest BCUT2D eigenvalue weighted by molar-refractivity contribution is 6.28. The minimum absolute atomic E-state index is 0.885. The highest BCUT2D eigenvalue weighted by Gasteiger charge is 2.18. The molecule has 11 rings (SSSR count). The highest BCUT2D eigenvalue weighted by Crippen LogP contribution is 2.42. The Balaban J connectivity index is 1.12. The van der Waals surface area contributed by atoms with Gasteiger partial charge in [-0.3, -0.25) is 0 Å². The first-order valence-electron chi connectivity index (χ1n) is 17.7. The lowest BCUT2D eigenvalue weighted by Gasteiger charge is -2.13. The molecule has 0 saturated carbocycles. The van der Waals surface area contributed by atoms with Crippen molar-refractivity contribution in [2.75, 3.05) is 0 Å². The van der Waals surface area contributed by atoms with Crippen molar-refractivity contribution >= 4 is 65.4 Å². The van der Waals surface area contributed by atoms with Crippen LogP contribution in [0.25, 0.3) is 105 Å². The van der Waals surface area contributed by atoms with E-state index in [1.165, 1.54) is 38.3 Å². The number of rotatable bonds is 4. The molecule has 3 heteroatoms. The van der Waals surface area contributed by atoms with Crippen LogP contribution in [0.4, 0.5) is 0 Å². The van der Waals surface area contributed by atoms with Crippen LogP contribution >= 0.6 is 0 Å². The molecular weight excluding hydrogens is 633 g/mol. The number of hydrogen-bond donors (Lipinski definition) is 0. The van der Waals surface area contributed by atoms with Crippen molar-refractivity contribution < 1.29 is 4.42 Å². The fraction of sp³-hybridized carbons (Fsp3) is 0. The summed E-state index contributed by atoms with van der Waals surface area (Å²) < 4.78 is 8.78. The van der Waals surface area contributed by atoms with Gasteiger partial charge >= 0.3 is 0 Å². The molecule has 0 radical (unpaired) electrons. The van der Waals surface area contributed by atoms with Gasteiger partial charge in [-0.1, -0.05) is 121 Å². The van der Waals surface area contributed by atoms with Crippen LogP contribution in [0, 0.1) is 0 Å². The zero-order chi connectivity index (χ0) is 34.2. The highest BCUT2D eigenvalue weighted by atomic mass is 16.3. The summed E-state index contributed by atoms with van der Waals surface area (Å²) in [7, 11) is 0. The van der Waals surface area contributed by atoms with Crippen molar-refractivity contribution in [3.05, 3.63) is 182 Å². The predicted octanol–water partition coefficient (Wildman–Crippen LogP) is 13.4. The van der Waals surface area contributed by atoms with Gasteiger partial charge in [0.2, 0.25) is 0 Å². The van der Waals surface area contributed by atoms with Crippen LogP contribution in [-0.2, 0) is 0 Å². The molecule has 8 aromatic carbocycles. The van der Waals surface area contributed by atoms with Crippen LogP contribution in [0.5, 0.6) is 0 Å². The Kier molecular flexibility index (Phi) is 6.25. The van der Waals surface area contributed by atoms with Gasteiger partial charge in [-0.2, -0.15) is 0 Å². The Hall–Kier alpha value is -6.97. The lowest BCUT2D eigenvalue weighted by atomic mass is 9.93. The maximum Gasteiger partial charge on any atom is 0.136 e. The van der Waals surface area contributed by atoms with Crippen molar-refractivity contribution in [1.82, 2.24) is 9.55 Å². The zero-order valence-electron chi connectivity index (χ0n) is 28.1. The molecular formula is C49H30N2O. The molecule has 0 aliphatic carbocycles. The molecule has 0 bridgehead atoms. The summed E-state index contributed by atoms with van der Waals surface area (Å²) in [6.45, 7) is 0. The molecule has 0 spiro atoms. The number of aromatic nitrogens is 2. The Morgan fingerprint density at radius 3 is 1.85 bits per heavy atom. The molecule has 0 aliphatic rings. The standard InChI is InChI=1S/C49H30N2O/c1-3-12-31(13-4-1)49-40-25-27-46-48(39-19-8-10-21-45(39)52-46)47(40)41-29-34(23-26-42(41)50-49)32-14-11-15-33(28-32)35-22-24-38-37-18-7-9-20-43(37)51(44(38)30-35)36-16-5-2-6-17-36/h1-30H. The third-order valence-electron chi connectivity index (χ3n) is 10.6. The number of benzene rings is 8. The fourth-order valence-corrected chi connectivity index (χ4v) is 8.19. The molecule has 242 valence electrons. The van der Waals surface area contributed by atoms with Crippen LogP contribution in [-0.4, -0.2) is 9.55 Å². The molecule has 3 aromatic heterocycles. The van der Waals surface area contributed by atoms with E-state index in [0.29, 0.717) is 0 Å². The normalized spacial score (nSPS) is 11.8.